The van der Waals surface area contributed by atoms with Gasteiger partial charge in [-0.05, 0) is 17.5 Å². The SMILES string of the molecule is COc1cccc(CNc2cccc3ccccc23)n1. The molecule has 3 rings (SSSR count). The van der Waals surface area contributed by atoms with Gasteiger partial charge in [0.05, 0.1) is 19.3 Å². The third kappa shape index (κ3) is 2.57. The summed E-state index contributed by atoms with van der Waals surface area (Å²) in [5.41, 5.74) is 2.07. The number of ether oxygens (including phenoxy) is 1. The van der Waals surface area contributed by atoms with E-state index in [9.17, 15) is 0 Å². The van der Waals surface area contributed by atoms with E-state index in [2.05, 4.69) is 52.8 Å². The van der Waals surface area contributed by atoms with Crippen molar-refractivity contribution in [3.8, 4) is 5.88 Å². The van der Waals surface area contributed by atoms with Crippen LogP contribution in [0, 0.1) is 0 Å². The van der Waals surface area contributed by atoms with Crippen molar-refractivity contribution in [2.24, 2.45) is 0 Å². The zero-order valence-corrected chi connectivity index (χ0v) is 11.3. The van der Waals surface area contributed by atoms with Gasteiger partial charge in [0.25, 0.3) is 0 Å². The Morgan fingerprint density at radius 2 is 1.75 bits per heavy atom. The first-order chi connectivity index (χ1) is 9.86. The van der Waals surface area contributed by atoms with Gasteiger partial charge < -0.3 is 10.1 Å². The van der Waals surface area contributed by atoms with E-state index < -0.39 is 0 Å². The molecule has 0 unspecified atom stereocenters. The lowest BCUT2D eigenvalue weighted by Gasteiger charge is -2.10. The average molecular weight is 264 g/mol. The number of hydrogen-bond donors (Lipinski definition) is 1. The summed E-state index contributed by atoms with van der Waals surface area (Å²) < 4.78 is 5.14. The fraction of sp³-hybridized carbons (Fsp3) is 0.118. The van der Waals surface area contributed by atoms with Crippen LogP contribution in [-0.4, -0.2) is 12.1 Å². The quantitative estimate of drug-likeness (QED) is 0.777. The normalized spacial score (nSPS) is 10.4. The summed E-state index contributed by atoms with van der Waals surface area (Å²) in [7, 11) is 1.63. The monoisotopic (exact) mass is 264 g/mol. The third-order valence-electron chi connectivity index (χ3n) is 3.24. The summed E-state index contributed by atoms with van der Waals surface area (Å²) in [6.07, 6.45) is 0. The Morgan fingerprint density at radius 1 is 0.950 bits per heavy atom. The van der Waals surface area contributed by atoms with Gasteiger partial charge >= 0.3 is 0 Å². The van der Waals surface area contributed by atoms with Crippen LogP contribution in [0.5, 0.6) is 5.88 Å². The van der Waals surface area contributed by atoms with Gasteiger partial charge in [-0.15, -0.1) is 0 Å². The summed E-state index contributed by atoms with van der Waals surface area (Å²) >= 11 is 0. The summed E-state index contributed by atoms with van der Waals surface area (Å²) in [4.78, 5) is 4.40. The van der Waals surface area contributed by atoms with E-state index >= 15 is 0 Å². The molecule has 3 aromatic rings. The minimum absolute atomic E-state index is 0.641. The van der Waals surface area contributed by atoms with Crippen LogP contribution < -0.4 is 10.1 Å². The summed E-state index contributed by atoms with van der Waals surface area (Å²) in [5.74, 6) is 0.641. The Hall–Kier alpha value is -2.55. The third-order valence-corrected chi connectivity index (χ3v) is 3.24. The smallest absolute Gasteiger partial charge is 0.213 e. The number of rotatable bonds is 4. The van der Waals surface area contributed by atoms with E-state index in [-0.39, 0.29) is 0 Å². The molecule has 0 atom stereocenters. The summed E-state index contributed by atoms with van der Waals surface area (Å²) in [6, 6.07) is 20.4. The maximum absolute atomic E-state index is 5.14. The lowest BCUT2D eigenvalue weighted by atomic mass is 10.1. The molecule has 0 aliphatic rings. The fourth-order valence-electron chi connectivity index (χ4n) is 2.24. The minimum atomic E-state index is 0.641. The Kier molecular flexibility index (Phi) is 3.50. The van der Waals surface area contributed by atoms with Crippen LogP contribution in [0.25, 0.3) is 10.8 Å². The molecule has 0 aliphatic carbocycles. The van der Waals surface area contributed by atoms with Gasteiger partial charge in [-0.25, -0.2) is 4.98 Å². The molecule has 1 heterocycles. The number of nitrogens with one attached hydrogen (secondary N) is 1. The maximum Gasteiger partial charge on any atom is 0.213 e. The maximum atomic E-state index is 5.14. The largest absolute Gasteiger partial charge is 0.481 e. The molecule has 0 spiro atoms. The molecular weight excluding hydrogens is 248 g/mol. The van der Waals surface area contributed by atoms with Crippen molar-refractivity contribution in [3.63, 3.8) is 0 Å². The van der Waals surface area contributed by atoms with E-state index in [1.54, 1.807) is 7.11 Å². The van der Waals surface area contributed by atoms with Crippen LogP contribution in [0.4, 0.5) is 5.69 Å². The molecule has 0 saturated heterocycles. The number of pyridine rings is 1. The van der Waals surface area contributed by atoms with Crippen LogP contribution in [0.15, 0.2) is 60.7 Å². The van der Waals surface area contributed by atoms with Gasteiger partial charge in [0.15, 0.2) is 0 Å². The van der Waals surface area contributed by atoms with Crippen molar-refractivity contribution in [2.45, 2.75) is 6.54 Å². The van der Waals surface area contributed by atoms with Gasteiger partial charge in [-0.1, -0.05) is 42.5 Å². The lowest BCUT2D eigenvalue weighted by molar-refractivity contribution is 0.396. The Balaban J connectivity index is 1.83. The minimum Gasteiger partial charge on any atom is -0.481 e. The standard InChI is InChI=1S/C17H16N2O/c1-20-17-11-5-8-14(19-17)12-18-16-10-4-7-13-6-2-3-9-15(13)16/h2-11,18H,12H2,1H3. The summed E-state index contributed by atoms with van der Waals surface area (Å²) in [6.45, 7) is 0.672. The van der Waals surface area contributed by atoms with Crippen molar-refractivity contribution in [1.29, 1.82) is 0 Å². The van der Waals surface area contributed by atoms with E-state index in [1.807, 2.05) is 18.2 Å². The fourth-order valence-corrected chi connectivity index (χ4v) is 2.24. The highest BCUT2D eigenvalue weighted by atomic mass is 16.5. The highest BCUT2D eigenvalue weighted by Crippen LogP contribution is 2.23. The molecule has 0 aliphatic heterocycles. The van der Waals surface area contributed by atoms with Crippen molar-refractivity contribution < 1.29 is 4.74 Å². The molecular formula is C17H16N2O. The topological polar surface area (TPSA) is 34.1 Å². The molecule has 0 saturated carbocycles. The number of anilines is 1. The molecule has 0 fully saturated rings. The van der Waals surface area contributed by atoms with Gasteiger partial charge in [-0.2, -0.15) is 0 Å². The van der Waals surface area contributed by atoms with Crippen LogP contribution in [0.2, 0.25) is 0 Å². The van der Waals surface area contributed by atoms with Crippen molar-refractivity contribution >= 4 is 16.5 Å². The number of aromatic nitrogens is 1. The number of methoxy groups -OCH3 is 1. The van der Waals surface area contributed by atoms with Crippen molar-refractivity contribution in [3.05, 3.63) is 66.4 Å². The zero-order chi connectivity index (χ0) is 13.8. The first kappa shape index (κ1) is 12.5. The first-order valence-corrected chi connectivity index (χ1v) is 6.58. The van der Waals surface area contributed by atoms with Gasteiger partial charge in [-0.3, -0.25) is 0 Å². The van der Waals surface area contributed by atoms with Gasteiger partial charge in [0, 0.05) is 17.1 Å². The predicted octanol–water partition coefficient (Wildman–Crippen LogP) is 3.86. The van der Waals surface area contributed by atoms with E-state index in [0.29, 0.717) is 12.4 Å². The van der Waals surface area contributed by atoms with Crippen LogP contribution >= 0.6 is 0 Å². The van der Waals surface area contributed by atoms with Crippen LogP contribution in [0.3, 0.4) is 0 Å². The molecule has 0 bridgehead atoms. The number of benzene rings is 2. The van der Waals surface area contributed by atoms with Crippen molar-refractivity contribution in [1.82, 2.24) is 4.98 Å². The van der Waals surface area contributed by atoms with Crippen LogP contribution in [-0.2, 0) is 6.54 Å². The molecule has 100 valence electrons. The highest BCUT2D eigenvalue weighted by Gasteiger charge is 2.01. The number of nitrogens with zero attached hydrogens (tertiary/aromatic N) is 1. The Morgan fingerprint density at radius 3 is 2.65 bits per heavy atom. The second kappa shape index (κ2) is 5.61. The molecule has 20 heavy (non-hydrogen) atoms. The Labute approximate surface area is 118 Å². The molecule has 2 aromatic carbocycles. The van der Waals surface area contributed by atoms with E-state index in [1.165, 1.54) is 10.8 Å². The molecule has 0 radical (unpaired) electrons. The lowest BCUT2D eigenvalue weighted by Crippen LogP contribution is -2.02. The number of fused-ring (bicyclic) bond motifs is 1. The second-order valence-corrected chi connectivity index (χ2v) is 4.55. The average Bonchev–Trinajstić information content (AvgIpc) is 2.53. The van der Waals surface area contributed by atoms with E-state index in [0.717, 1.165) is 11.4 Å². The zero-order valence-electron chi connectivity index (χ0n) is 11.3. The number of hydrogen-bond acceptors (Lipinski definition) is 3. The van der Waals surface area contributed by atoms with Gasteiger partial charge in [0.2, 0.25) is 5.88 Å². The molecule has 3 nitrogen and oxygen atoms in total. The van der Waals surface area contributed by atoms with Crippen LogP contribution in [0.1, 0.15) is 5.69 Å². The highest BCUT2D eigenvalue weighted by molar-refractivity contribution is 5.93. The first-order valence-electron chi connectivity index (χ1n) is 6.58. The van der Waals surface area contributed by atoms with E-state index in [4.69, 9.17) is 4.74 Å². The molecule has 1 aromatic heterocycles. The molecule has 0 amide bonds. The second-order valence-electron chi connectivity index (χ2n) is 4.55. The Bertz CT molecular complexity index is 720. The van der Waals surface area contributed by atoms with Gasteiger partial charge in [0.1, 0.15) is 0 Å². The summed E-state index contributed by atoms with van der Waals surface area (Å²) in [5, 5.41) is 5.89. The molecule has 1 N–H and O–H groups in total. The molecule has 3 heteroatoms. The predicted molar refractivity (Wildman–Crippen MR) is 82.1 cm³/mol. The van der Waals surface area contributed by atoms with Crippen molar-refractivity contribution in [2.75, 3.05) is 12.4 Å².